The molecule has 1 aromatic rings. The topological polar surface area (TPSA) is 65.0 Å². The van der Waals surface area contributed by atoms with E-state index in [-0.39, 0.29) is 12.2 Å². The zero-order valence-electron chi connectivity index (χ0n) is 11.8. The number of ether oxygens (including phenoxy) is 3. The van der Waals surface area contributed by atoms with E-state index < -0.39 is 5.97 Å². The van der Waals surface area contributed by atoms with Gasteiger partial charge in [0.2, 0.25) is 0 Å². The van der Waals surface area contributed by atoms with Crippen LogP contribution >= 0.6 is 0 Å². The second kappa shape index (κ2) is 6.61. The Labute approximate surface area is 118 Å². The van der Waals surface area contributed by atoms with Crippen molar-refractivity contribution in [3.63, 3.8) is 0 Å². The lowest BCUT2D eigenvalue weighted by molar-refractivity contribution is 0.0514. The van der Waals surface area contributed by atoms with Crippen molar-refractivity contribution >= 4 is 5.97 Å². The maximum absolute atomic E-state index is 11.6. The molecular formula is C15H20O5. The summed E-state index contributed by atoms with van der Waals surface area (Å²) >= 11 is 0. The Morgan fingerprint density at radius 2 is 2.05 bits per heavy atom. The highest BCUT2D eigenvalue weighted by Crippen LogP contribution is 2.32. The number of carbonyl (C=O) groups is 1. The van der Waals surface area contributed by atoms with Crippen molar-refractivity contribution in [2.75, 3.05) is 14.2 Å². The first-order valence-corrected chi connectivity index (χ1v) is 6.75. The molecule has 20 heavy (non-hydrogen) atoms. The van der Waals surface area contributed by atoms with Crippen LogP contribution < -0.4 is 9.47 Å². The van der Waals surface area contributed by atoms with Gasteiger partial charge in [0, 0.05) is 6.42 Å². The average molecular weight is 280 g/mol. The average Bonchev–Trinajstić information content (AvgIpc) is 2.46. The van der Waals surface area contributed by atoms with E-state index in [4.69, 9.17) is 14.2 Å². The highest BCUT2D eigenvalue weighted by Gasteiger charge is 2.23. The van der Waals surface area contributed by atoms with Gasteiger partial charge in [-0.3, -0.25) is 0 Å². The normalized spacial score (nSPS) is 22.1. The van der Waals surface area contributed by atoms with Gasteiger partial charge in [-0.25, -0.2) is 4.79 Å². The Hall–Kier alpha value is -1.75. The molecule has 0 bridgehead atoms. The highest BCUT2D eigenvalue weighted by atomic mass is 16.5. The van der Waals surface area contributed by atoms with Gasteiger partial charge < -0.3 is 19.3 Å². The van der Waals surface area contributed by atoms with Gasteiger partial charge in [-0.2, -0.15) is 0 Å². The monoisotopic (exact) mass is 280 g/mol. The van der Waals surface area contributed by atoms with Crippen LogP contribution in [0.15, 0.2) is 18.2 Å². The third-order valence-corrected chi connectivity index (χ3v) is 3.48. The molecule has 1 saturated carbocycles. The number of hydrogen-bond donors (Lipinski definition) is 1. The SMILES string of the molecule is COC(=O)c1ccc(OC)c(OC2CCCC(O)C2)c1. The molecule has 0 spiro atoms. The van der Waals surface area contributed by atoms with Gasteiger partial charge in [0.25, 0.3) is 0 Å². The zero-order valence-corrected chi connectivity index (χ0v) is 11.8. The van der Waals surface area contributed by atoms with E-state index in [1.807, 2.05) is 0 Å². The number of carbonyl (C=O) groups excluding carboxylic acids is 1. The molecule has 2 atom stereocenters. The Morgan fingerprint density at radius 1 is 1.25 bits per heavy atom. The Kier molecular flexibility index (Phi) is 4.84. The molecule has 0 saturated heterocycles. The fraction of sp³-hybridized carbons (Fsp3) is 0.533. The van der Waals surface area contributed by atoms with Crippen LogP contribution in [0.2, 0.25) is 0 Å². The van der Waals surface area contributed by atoms with Crippen molar-refractivity contribution in [2.24, 2.45) is 0 Å². The van der Waals surface area contributed by atoms with Crippen molar-refractivity contribution in [1.82, 2.24) is 0 Å². The molecule has 1 aromatic carbocycles. The molecule has 0 aromatic heterocycles. The quantitative estimate of drug-likeness (QED) is 0.856. The molecule has 5 nitrogen and oxygen atoms in total. The smallest absolute Gasteiger partial charge is 0.337 e. The number of aliphatic hydroxyl groups is 1. The summed E-state index contributed by atoms with van der Waals surface area (Å²) in [6, 6.07) is 4.93. The van der Waals surface area contributed by atoms with Gasteiger partial charge in [0.05, 0.1) is 25.9 Å². The van der Waals surface area contributed by atoms with Gasteiger partial charge in [0.1, 0.15) is 6.10 Å². The van der Waals surface area contributed by atoms with E-state index >= 15 is 0 Å². The fourth-order valence-corrected chi connectivity index (χ4v) is 2.42. The summed E-state index contributed by atoms with van der Waals surface area (Å²) in [5.74, 6) is 0.661. The summed E-state index contributed by atoms with van der Waals surface area (Å²) in [5, 5.41) is 9.68. The maximum atomic E-state index is 11.6. The molecule has 0 amide bonds. The van der Waals surface area contributed by atoms with Crippen LogP contribution in [0.4, 0.5) is 0 Å². The number of methoxy groups -OCH3 is 2. The molecule has 1 aliphatic carbocycles. The third kappa shape index (κ3) is 3.42. The summed E-state index contributed by atoms with van der Waals surface area (Å²) in [4.78, 5) is 11.6. The number of esters is 1. The van der Waals surface area contributed by atoms with Gasteiger partial charge in [-0.05, 0) is 37.5 Å². The minimum absolute atomic E-state index is 0.0550. The minimum Gasteiger partial charge on any atom is -0.493 e. The lowest BCUT2D eigenvalue weighted by Crippen LogP contribution is -2.28. The number of aliphatic hydroxyl groups excluding tert-OH is 1. The molecular weight excluding hydrogens is 260 g/mol. The van der Waals surface area contributed by atoms with Crippen molar-refractivity contribution in [1.29, 1.82) is 0 Å². The van der Waals surface area contributed by atoms with E-state index in [0.717, 1.165) is 19.3 Å². The predicted molar refractivity (Wildman–Crippen MR) is 73.2 cm³/mol. The maximum Gasteiger partial charge on any atom is 0.337 e. The van der Waals surface area contributed by atoms with Crippen LogP contribution in [0.25, 0.3) is 0 Å². The van der Waals surface area contributed by atoms with Crippen LogP contribution in [-0.4, -0.2) is 37.5 Å². The fourth-order valence-electron chi connectivity index (χ4n) is 2.42. The van der Waals surface area contributed by atoms with Crippen LogP contribution in [0.5, 0.6) is 11.5 Å². The van der Waals surface area contributed by atoms with E-state index in [0.29, 0.717) is 23.5 Å². The Morgan fingerprint density at radius 3 is 2.70 bits per heavy atom. The van der Waals surface area contributed by atoms with Crippen molar-refractivity contribution in [3.05, 3.63) is 23.8 Å². The third-order valence-electron chi connectivity index (χ3n) is 3.48. The van der Waals surface area contributed by atoms with Gasteiger partial charge >= 0.3 is 5.97 Å². The van der Waals surface area contributed by atoms with Crippen LogP contribution in [0, 0.1) is 0 Å². The molecule has 1 N–H and O–H groups in total. The molecule has 2 rings (SSSR count). The molecule has 0 heterocycles. The number of benzene rings is 1. The Balaban J connectivity index is 2.17. The van der Waals surface area contributed by atoms with Crippen molar-refractivity contribution in [2.45, 2.75) is 37.9 Å². The summed E-state index contributed by atoms with van der Waals surface area (Å²) in [6.07, 6.45) is 2.88. The molecule has 0 aliphatic heterocycles. The second-order valence-corrected chi connectivity index (χ2v) is 4.92. The molecule has 110 valence electrons. The summed E-state index contributed by atoms with van der Waals surface area (Å²) in [6.45, 7) is 0. The van der Waals surface area contributed by atoms with E-state index in [9.17, 15) is 9.90 Å². The summed E-state index contributed by atoms with van der Waals surface area (Å²) in [7, 11) is 2.89. The lowest BCUT2D eigenvalue weighted by Gasteiger charge is -2.27. The van der Waals surface area contributed by atoms with Crippen molar-refractivity contribution in [3.8, 4) is 11.5 Å². The van der Waals surface area contributed by atoms with E-state index in [1.54, 1.807) is 25.3 Å². The molecule has 2 unspecified atom stereocenters. The van der Waals surface area contributed by atoms with Crippen LogP contribution in [0.1, 0.15) is 36.0 Å². The largest absolute Gasteiger partial charge is 0.493 e. The Bertz CT molecular complexity index is 471. The van der Waals surface area contributed by atoms with E-state index in [1.165, 1.54) is 7.11 Å². The van der Waals surface area contributed by atoms with Crippen LogP contribution in [0.3, 0.4) is 0 Å². The number of rotatable bonds is 4. The molecule has 1 aliphatic rings. The molecule has 0 radical (unpaired) electrons. The summed E-state index contributed by atoms with van der Waals surface area (Å²) < 4.78 is 15.8. The van der Waals surface area contributed by atoms with Gasteiger partial charge in [-0.1, -0.05) is 0 Å². The number of hydrogen-bond acceptors (Lipinski definition) is 5. The van der Waals surface area contributed by atoms with Gasteiger partial charge in [-0.15, -0.1) is 0 Å². The minimum atomic E-state index is -0.416. The first-order chi connectivity index (χ1) is 9.63. The second-order valence-electron chi connectivity index (χ2n) is 4.92. The molecule has 5 heteroatoms. The lowest BCUT2D eigenvalue weighted by atomic mass is 9.95. The van der Waals surface area contributed by atoms with E-state index in [2.05, 4.69) is 0 Å². The predicted octanol–water partition coefficient (Wildman–Crippen LogP) is 2.16. The first-order valence-electron chi connectivity index (χ1n) is 6.75. The zero-order chi connectivity index (χ0) is 14.5. The standard InChI is InChI=1S/C15H20O5/c1-18-13-7-6-10(15(17)19-2)8-14(13)20-12-5-3-4-11(16)9-12/h6-8,11-12,16H,3-5,9H2,1-2H3. The van der Waals surface area contributed by atoms with Gasteiger partial charge in [0.15, 0.2) is 11.5 Å². The van der Waals surface area contributed by atoms with Crippen LogP contribution in [-0.2, 0) is 4.74 Å². The van der Waals surface area contributed by atoms with Crippen molar-refractivity contribution < 1.29 is 24.1 Å². The highest BCUT2D eigenvalue weighted by molar-refractivity contribution is 5.90. The molecule has 1 fully saturated rings. The first kappa shape index (κ1) is 14.7. The summed E-state index contributed by atoms with van der Waals surface area (Å²) in [5.41, 5.74) is 0.416.